The van der Waals surface area contributed by atoms with Crippen molar-refractivity contribution in [2.45, 2.75) is 26.9 Å². The van der Waals surface area contributed by atoms with Gasteiger partial charge in [-0.1, -0.05) is 30.3 Å². The van der Waals surface area contributed by atoms with Crippen molar-refractivity contribution in [2.24, 2.45) is 4.99 Å². The highest BCUT2D eigenvalue weighted by molar-refractivity contribution is 5.79. The van der Waals surface area contributed by atoms with Gasteiger partial charge in [0, 0.05) is 25.2 Å². The van der Waals surface area contributed by atoms with Crippen LogP contribution in [0, 0.1) is 12.7 Å². The van der Waals surface area contributed by atoms with Gasteiger partial charge in [0.05, 0.1) is 6.54 Å². The zero-order valence-electron chi connectivity index (χ0n) is 17.3. The molecule has 2 aromatic rings. The van der Waals surface area contributed by atoms with Gasteiger partial charge in [-0.25, -0.2) is 9.38 Å². The Kier molecular flexibility index (Phi) is 8.75. The SMILES string of the molecule is CCNC(=NCc1ccc(C)c(F)c1)NCc1ccccc1OCCN(C)C. The highest BCUT2D eigenvalue weighted by Crippen LogP contribution is 2.17. The maximum Gasteiger partial charge on any atom is 0.191 e. The number of aryl methyl sites for hydroxylation is 1. The third-order valence-corrected chi connectivity index (χ3v) is 4.22. The molecule has 0 amide bonds. The molecule has 2 aromatic carbocycles. The Morgan fingerprint density at radius 1 is 1.14 bits per heavy atom. The summed E-state index contributed by atoms with van der Waals surface area (Å²) in [6, 6.07) is 13.2. The average molecular weight is 387 g/mol. The number of hydrogen-bond acceptors (Lipinski definition) is 3. The molecule has 2 rings (SSSR count). The van der Waals surface area contributed by atoms with Gasteiger partial charge in [-0.2, -0.15) is 0 Å². The number of aliphatic imine (C=N–C) groups is 1. The summed E-state index contributed by atoms with van der Waals surface area (Å²) in [6.45, 7) is 7.01. The summed E-state index contributed by atoms with van der Waals surface area (Å²) in [5, 5.41) is 6.55. The minimum absolute atomic E-state index is 0.200. The highest BCUT2D eigenvalue weighted by atomic mass is 19.1. The van der Waals surface area contributed by atoms with Crippen molar-refractivity contribution in [1.29, 1.82) is 0 Å². The number of likely N-dealkylation sites (N-methyl/N-ethyl adjacent to an activating group) is 1. The lowest BCUT2D eigenvalue weighted by atomic mass is 10.1. The Hall–Kier alpha value is -2.60. The second-order valence-electron chi connectivity index (χ2n) is 6.89. The zero-order chi connectivity index (χ0) is 20.4. The van der Waals surface area contributed by atoms with E-state index in [1.54, 1.807) is 13.0 Å². The van der Waals surface area contributed by atoms with Crippen LogP contribution in [0.2, 0.25) is 0 Å². The molecule has 0 heterocycles. The predicted octanol–water partition coefficient (Wildman–Crippen LogP) is 3.33. The molecule has 0 saturated carbocycles. The first-order chi connectivity index (χ1) is 13.5. The molecule has 2 N–H and O–H groups in total. The van der Waals surface area contributed by atoms with Gasteiger partial charge in [-0.05, 0) is 51.2 Å². The molecular weight excluding hydrogens is 355 g/mol. The molecule has 0 saturated heterocycles. The van der Waals surface area contributed by atoms with Crippen molar-refractivity contribution in [3.8, 4) is 5.75 Å². The van der Waals surface area contributed by atoms with Crippen LogP contribution in [-0.2, 0) is 13.1 Å². The molecule has 0 aromatic heterocycles. The first kappa shape index (κ1) is 21.7. The number of halogens is 1. The van der Waals surface area contributed by atoms with Crippen LogP contribution in [-0.4, -0.2) is 44.7 Å². The number of benzene rings is 2. The van der Waals surface area contributed by atoms with E-state index in [2.05, 4.69) is 20.5 Å². The molecule has 0 atom stereocenters. The Morgan fingerprint density at radius 3 is 2.64 bits per heavy atom. The lowest BCUT2D eigenvalue weighted by Gasteiger charge is -2.16. The number of nitrogens with one attached hydrogen (secondary N) is 2. The van der Waals surface area contributed by atoms with E-state index in [1.807, 2.05) is 51.4 Å². The Bertz CT molecular complexity index is 777. The minimum atomic E-state index is -0.200. The van der Waals surface area contributed by atoms with Gasteiger partial charge in [0.25, 0.3) is 0 Å². The molecule has 0 aliphatic heterocycles. The number of para-hydroxylation sites is 1. The van der Waals surface area contributed by atoms with E-state index in [1.165, 1.54) is 6.07 Å². The number of nitrogens with zero attached hydrogens (tertiary/aromatic N) is 2. The van der Waals surface area contributed by atoms with Crippen LogP contribution in [0.3, 0.4) is 0 Å². The third-order valence-electron chi connectivity index (χ3n) is 4.22. The van der Waals surface area contributed by atoms with Crippen molar-refractivity contribution in [2.75, 3.05) is 33.8 Å². The highest BCUT2D eigenvalue weighted by Gasteiger charge is 2.05. The van der Waals surface area contributed by atoms with Crippen LogP contribution < -0.4 is 15.4 Å². The van der Waals surface area contributed by atoms with Crippen molar-refractivity contribution in [1.82, 2.24) is 15.5 Å². The van der Waals surface area contributed by atoms with E-state index in [9.17, 15) is 4.39 Å². The van der Waals surface area contributed by atoms with Crippen LogP contribution in [0.1, 0.15) is 23.6 Å². The van der Waals surface area contributed by atoms with Gasteiger partial charge in [0.2, 0.25) is 0 Å². The predicted molar refractivity (Wildman–Crippen MR) is 113 cm³/mol. The van der Waals surface area contributed by atoms with Crippen LogP contribution in [0.5, 0.6) is 5.75 Å². The first-order valence-electron chi connectivity index (χ1n) is 9.62. The molecule has 0 bridgehead atoms. The maximum absolute atomic E-state index is 13.7. The first-order valence-corrected chi connectivity index (χ1v) is 9.62. The van der Waals surface area contributed by atoms with Crippen molar-refractivity contribution in [3.63, 3.8) is 0 Å². The fourth-order valence-corrected chi connectivity index (χ4v) is 2.55. The zero-order valence-corrected chi connectivity index (χ0v) is 17.3. The molecule has 0 fully saturated rings. The van der Waals surface area contributed by atoms with Gasteiger partial charge < -0.3 is 20.3 Å². The summed E-state index contributed by atoms with van der Waals surface area (Å²) in [7, 11) is 4.05. The molecule has 0 unspecified atom stereocenters. The average Bonchev–Trinajstić information content (AvgIpc) is 2.67. The Labute approximate surface area is 167 Å². The van der Waals surface area contributed by atoms with Crippen molar-refractivity contribution in [3.05, 3.63) is 65.0 Å². The van der Waals surface area contributed by atoms with E-state index in [4.69, 9.17) is 4.74 Å². The summed E-state index contributed by atoms with van der Waals surface area (Å²) < 4.78 is 19.6. The molecule has 5 nitrogen and oxygen atoms in total. The molecular formula is C22H31FN4O. The molecule has 6 heteroatoms. The van der Waals surface area contributed by atoms with Gasteiger partial charge >= 0.3 is 0 Å². The van der Waals surface area contributed by atoms with Gasteiger partial charge in [-0.3, -0.25) is 0 Å². The third kappa shape index (κ3) is 7.19. The Balaban J connectivity index is 1.99. The number of hydrogen-bond donors (Lipinski definition) is 2. The number of rotatable bonds is 9. The number of ether oxygens (including phenoxy) is 1. The molecule has 0 radical (unpaired) electrons. The standard InChI is InChI=1S/C22H31FN4O/c1-5-24-22(25-15-18-11-10-17(2)20(23)14-18)26-16-19-8-6-7-9-21(19)28-13-12-27(3)4/h6-11,14H,5,12-13,15-16H2,1-4H3,(H2,24,25,26). The van der Waals surface area contributed by atoms with E-state index in [0.29, 0.717) is 31.2 Å². The normalized spacial score (nSPS) is 11.6. The second-order valence-corrected chi connectivity index (χ2v) is 6.89. The van der Waals surface area contributed by atoms with Gasteiger partial charge in [0.15, 0.2) is 5.96 Å². The van der Waals surface area contributed by atoms with Crippen LogP contribution in [0.25, 0.3) is 0 Å². The monoisotopic (exact) mass is 386 g/mol. The largest absolute Gasteiger partial charge is 0.492 e. The lowest BCUT2D eigenvalue weighted by Crippen LogP contribution is -2.36. The summed E-state index contributed by atoms with van der Waals surface area (Å²) in [5.41, 5.74) is 2.55. The van der Waals surface area contributed by atoms with Crippen LogP contribution in [0.15, 0.2) is 47.5 Å². The topological polar surface area (TPSA) is 48.9 Å². The fourth-order valence-electron chi connectivity index (χ4n) is 2.55. The van der Waals surface area contributed by atoms with Gasteiger partial charge in [-0.15, -0.1) is 0 Å². The molecule has 0 aliphatic rings. The minimum Gasteiger partial charge on any atom is -0.492 e. The molecule has 152 valence electrons. The van der Waals surface area contributed by atoms with Crippen LogP contribution in [0.4, 0.5) is 4.39 Å². The molecule has 0 spiro atoms. The summed E-state index contributed by atoms with van der Waals surface area (Å²) in [6.07, 6.45) is 0. The van der Waals surface area contributed by atoms with Crippen LogP contribution >= 0.6 is 0 Å². The van der Waals surface area contributed by atoms with E-state index < -0.39 is 0 Å². The second kappa shape index (κ2) is 11.3. The summed E-state index contributed by atoms with van der Waals surface area (Å²) in [4.78, 5) is 6.65. The van der Waals surface area contributed by atoms with Gasteiger partial charge in [0.1, 0.15) is 18.2 Å². The van der Waals surface area contributed by atoms with Crippen molar-refractivity contribution >= 4 is 5.96 Å². The molecule has 0 aliphatic carbocycles. The van der Waals surface area contributed by atoms with E-state index in [-0.39, 0.29) is 5.82 Å². The Morgan fingerprint density at radius 2 is 1.93 bits per heavy atom. The van der Waals surface area contributed by atoms with E-state index >= 15 is 0 Å². The smallest absolute Gasteiger partial charge is 0.191 e. The molecule has 28 heavy (non-hydrogen) atoms. The fraction of sp³-hybridized carbons (Fsp3) is 0.409. The van der Waals surface area contributed by atoms with Crippen molar-refractivity contribution < 1.29 is 9.13 Å². The lowest BCUT2D eigenvalue weighted by molar-refractivity contribution is 0.259. The summed E-state index contributed by atoms with van der Waals surface area (Å²) in [5.74, 6) is 1.36. The maximum atomic E-state index is 13.7. The van der Waals surface area contributed by atoms with E-state index in [0.717, 1.165) is 30.0 Å². The number of guanidine groups is 1. The quantitative estimate of drug-likeness (QED) is 0.513. The summed E-state index contributed by atoms with van der Waals surface area (Å²) >= 11 is 0.